The number of nitro benzene ring substituents is 1. The van der Waals surface area contributed by atoms with Gasteiger partial charge in [0, 0.05) is 0 Å². The summed E-state index contributed by atoms with van der Waals surface area (Å²) in [5.74, 6) is -1.84. The highest BCUT2D eigenvalue weighted by atomic mass is 19.1. The van der Waals surface area contributed by atoms with E-state index >= 15 is 0 Å². The van der Waals surface area contributed by atoms with Crippen LogP contribution in [0.15, 0.2) is 18.2 Å². The molecule has 0 aliphatic carbocycles. The quantitative estimate of drug-likeness (QED) is 0.475. The molecule has 1 N–H and O–H groups in total. The topological polar surface area (TPSA) is 98.5 Å². The Morgan fingerprint density at radius 1 is 1.17 bits per heavy atom. The molecular formula is C15H24F2N2O5. The molecule has 0 radical (unpaired) electrons. The Labute approximate surface area is 140 Å². The lowest BCUT2D eigenvalue weighted by Gasteiger charge is -2.05. The predicted molar refractivity (Wildman–Crippen MR) is 88.2 cm³/mol. The lowest BCUT2D eigenvalue weighted by atomic mass is 10.2. The van der Waals surface area contributed by atoms with Gasteiger partial charge in [0.05, 0.1) is 11.0 Å². The van der Waals surface area contributed by atoms with Gasteiger partial charge in [-0.15, -0.1) is 4.39 Å². The molecule has 138 valence electrons. The SMILES string of the molecule is CC.CC.CC.O=C(COC(=O)F)Nc1ccc(F)cc1[N+](=O)[O-]. The van der Waals surface area contributed by atoms with Gasteiger partial charge in [-0.1, -0.05) is 41.5 Å². The predicted octanol–water partition coefficient (Wildman–Crippen LogP) is 4.86. The molecule has 0 bridgehead atoms. The number of carbonyl (C=O) groups is 2. The molecule has 0 atom stereocenters. The van der Waals surface area contributed by atoms with Gasteiger partial charge in [-0.25, -0.2) is 9.18 Å². The van der Waals surface area contributed by atoms with Crippen molar-refractivity contribution in [3.05, 3.63) is 34.1 Å². The molecule has 0 saturated heterocycles. The summed E-state index contributed by atoms with van der Waals surface area (Å²) in [6, 6.07) is 2.46. The van der Waals surface area contributed by atoms with Crippen molar-refractivity contribution in [3.63, 3.8) is 0 Å². The maximum Gasteiger partial charge on any atom is 0.495 e. The Morgan fingerprint density at radius 3 is 2.08 bits per heavy atom. The summed E-state index contributed by atoms with van der Waals surface area (Å²) < 4.78 is 28.2. The molecule has 0 heterocycles. The Hall–Kier alpha value is -2.58. The van der Waals surface area contributed by atoms with Gasteiger partial charge in [0.2, 0.25) is 0 Å². The molecule has 0 aliphatic heterocycles. The van der Waals surface area contributed by atoms with Crippen molar-refractivity contribution in [2.45, 2.75) is 41.5 Å². The highest BCUT2D eigenvalue weighted by Gasteiger charge is 2.17. The number of amides is 1. The summed E-state index contributed by atoms with van der Waals surface area (Å²) >= 11 is 0. The summed E-state index contributed by atoms with van der Waals surface area (Å²) in [6.45, 7) is 11.1. The molecule has 0 saturated carbocycles. The number of ether oxygens (including phenoxy) is 1. The van der Waals surface area contributed by atoms with Crippen molar-refractivity contribution >= 4 is 23.5 Å². The van der Waals surface area contributed by atoms with E-state index < -0.39 is 35.2 Å². The molecule has 9 heteroatoms. The second-order valence-corrected chi connectivity index (χ2v) is 2.99. The van der Waals surface area contributed by atoms with Crippen molar-refractivity contribution in [1.29, 1.82) is 0 Å². The van der Waals surface area contributed by atoms with E-state index in [1.54, 1.807) is 0 Å². The van der Waals surface area contributed by atoms with Crippen LogP contribution in [0.3, 0.4) is 0 Å². The molecule has 24 heavy (non-hydrogen) atoms. The minimum atomic E-state index is -2.15. The third kappa shape index (κ3) is 12.0. The number of hydrogen-bond acceptors (Lipinski definition) is 5. The maximum absolute atomic E-state index is 12.8. The second-order valence-electron chi connectivity index (χ2n) is 2.99. The van der Waals surface area contributed by atoms with Crippen LogP contribution in [0.25, 0.3) is 0 Å². The van der Waals surface area contributed by atoms with Gasteiger partial charge in [0.25, 0.3) is 11.6 Å². The third-order valence-electron chi connectivity index (χ3n) is 1.75. The Bertz CT molecular complexity index is 511. The first-order valence-corrected chi connectivity index (χ1v) is 7.46. The van der Waals surface area contributed by atoms with E-state index in [9.17, 15) is 28.5 Å². The fraction of sp³-hybridized carbons (Fsp3) is 0.467. The summed E-state index contributed by atoms with van der Waals surface area (Å²) in [7, 11) is 0. The number of benzene rings is 1. The van der Waals surface area contributed by atoms with Gasteiger partial charge in [-0.2, -0.15) is 0 Å². The molecule has 7 nitrogen and oxygen atoms in total. The number of carbonyl (C=O) groups excluding carboxylic acids is 2. The first kappa shape index (κ1) is 26.3. The molecule has 0 spiro atoms. The average molecular weight is 350 g/mol. The van der Waals surface area contributed by atoms with Gasteiger partial charge < -0.3 is 10.1 Å². The minimum absolute atomic E-state index is 0.290. The fourth-order valence-electron chi connectivity index (χ4n) is 1.07. The molecular weight excluding hydrogens is 326 g/mol. The number of rotatable bonds is 4. The van der Waals surface area contributed by atoms with Crippen LogP contribution in [0.5, 0.6) is 0 Å². The highest BCUT2D eigenvalue weighted by molar-refractivity contribution is 5.94. The van der Waals surface area contributed by atoms with E-state index in [4.69, 9.17) is 0 Å². The van der Waals surface area contributed by atoms with Crippen LogP contribution < -0.4 is 5.32 Å². The molecule has 0 fully saturated rings. The van der Waals surface area contributed by atoms with Crippen LogP contribution in [0.2, 0.25) is 0 Å². The summed E-state index contributed by atoms with van der Waals surface area (Å²) in [5.41, 5.74) is -0.962. The van der Waals surface area contributed by atoms with E-state index in [-0.39, 0.29) is 5.69 Å². The maximum atomic E-state index is 12.8. The van der Waals surface area contributed by atoms with Crippen molar-refractivity contribution in [3.8, 4) is 0 Å². The number of nitro groups is 1. The Morgan fingerprint density at radius 2 is 1.67 bits per heavy atom. The van der Waals surface area contributed by atoms with Gasteiger partial charge in [0.15, 0.2) is 6.61 Å². The number of hydrogen-bond donors (Lipinski definition) is 1. The van der Waals surface area contributed by atoms with Crippen molar-refractivity contribution in [2.75, 3.05) is 11.9 Å². The molecule has 1 amide bonds. The van der Waals surface area contributed by atoms with Crippen molar-refractivity contribution < 1.29 is 28.0 Å². The van der Waals surface area contributed by atoms with Crippen LogP contribution >= 0.6 is 0 Å². The van der Waals surface area contributed by atoms with Gasteiger partial charge >= 0.3 is 6.22 Å². The average Bonchev–Trinajstić information content (AvgIpc) is 2.60. The Balaban J connectivity index is -0.000000659. The van der Waals surface area contributed by atoms with E-state index in [1.165, 1.54) is 0 Å². The molecule has 1 aromatic rings. The lowest BCUT2D eigenvalue weighted by Crippen LogP contribution is -2.19. The smallest absolute Gasteiger partial charge is 0.430 e. The zero-order chi connectivity index (χ0) is 19.7. The van der Waals surface area contributed by atoms with E-state index in [2.05, 4.69) is 4.74 Å². The van der Waals surface area contributed by atoms with Gasteiger partial charge in [0.1, 0.15) is 11.5 Å². The van der Waals surface area contributed by atoms with E-state index in [0.29, 0.717) is 6.07 Å². The molecule has 1 aromatic carbocycles. The van der Waals surface area contributed by atoms with Crippen LogP contribution in [0, 0.1) is 15.9 Å². The second kappa shape index (κ2) is 16.8. The zero-order valence-electron chi connectivity index (χ0n) is 14.7. The monoisotopic (exact) mass is 350 g/mol. The highest BCUT2D eigenvalue weighted by Crippen LogP contribution is 2.24. The van der Waals surface area contributed by atoms with Crippen LogP contribution in [-0.2, 0) is 9.53 Å². The standard InChI is InChI=1S/C9H6F2N2O5.3C2H6/c10-5-1-2-6(7(3-5)13(16)17)12-8(14)4-18-9(11)15;3*1-2/h1-3H,4H2,(H,12,14);3*1-2H3. The zero-order valence-corrected chi connectivity index (χ0v) is 14.7. The summed E-state index contributed by atoms with van der Waals surface area (Å²) in [4.78, 5) is 30.6. The Kier molecular flexibility index (Phi) is 18.4. The molecule has 0 aliphatic rings. The summed E-state index contributed by atoms with van der Waals surface area (Å²) in [6.07, 6.45) is -2.15. The lowest BCUT2D eigenvalue weighted by molar-refractivity contribution is -0.384. The van der Waals surface area contributed by atoms with Gasteiger partial charge in [-0.05, 0) is 12.1 Å². The van der Waals surface area contributed by atoms with Crippen LogP contribution in [0.4, 0.5) is 25.0 Å². The summed E-state index contributed by atoms with van der Waals surface area (Å²) in [5, 5.41) is 12.5. The minimum Gasteiger partial charge on any atom is -0.430 e. The molecule has 0 aromatic heterocycles. The normalized spacial score (nSPS) is 8.00. The van der Waals surface area contributed by atoms with E-state index in [1.807, 2.05) is 46.9 Å². The first-order chi connectivity index (χ1) is 11.4. The third-order valence-corrected chi connectivity index (χ3v) is 1.75. The van der Waals surface area contributed by atoms with Crippen LogP contribution in [0.1, 0.15) is 41.5 Å². The molecule has 0 unspecified atom stereocenters. The van der Waals surface area contributed by atoms with Gasteiger partial charge in [-0.3, -0.25) is 14.9 Å². The van der Waals surface area contributed by atoms with Crippen molar-refractivity contribution in [2.24, 2.45) is 0 Å². The first-order valence-electron chi connectivity index (χ1n) is 7.46. The van der Waals surface area contributed by atoms with Crippen LogP contribution in [-0.4, -0.2) is 23.7 Å². The van der Waals surface area contributed by atoms with Crippen molar-refractivity contribution in [1.82, 2.24) is 0 Å². The number of halogens is 2. The fourth-order valence-corrected chi connectivity index (χ4v) is 1.07. The largest absolute Gasteiger partial charge is 0.495 e. The molecule has 1 rings (SSSR count). The number of nitrogens with zero attached hydrogens (tertiary/aromatic N) is 1. The number of nitrogens with one attached hydrogen (secondary N) is 1. The number of anilines is 1. The van der Waals surface area contributed by atoms with E-state index in [0.717, 1.165) is 12.1 Å².